The molecule has 0 atom stereocenters. The minimum Gasteiger partial charge on any atom is -0.496 e. The van der Waals surface area contributed by atoms with Gasteiger partial charge in [-0.25, -0.2) is 0 Å². The predicted molar refractivity (Wildman–Crippen MR) is 84.2 cm³/mol. The maximum Gasteiger partial charge on any atom is 0.187 e. The van der Waals surface area contributed by atoms with E-state index in [0.717, 1.165) is 17.0 Å². The van der Waals surface area contributed by atoms with E-state index in [1.54, 1.807) is 25.3 Å². The number of thiocarbonyl (C=S) groups is 1. The van der Waals surface area contributed by atoms with Gasteiger partial charge in [0, 0.05) is 16.6 Å². The summed E-state index contributed by atoms with van der Waals surface area (Å²) in [5, 5.41) is 8.38. The molecule has 0 saturated heterocycles. The minimum atomic E-state index is 0.260. The molecular weight excluding hydrogens is 282 g/mol. The monoisotopic (exact) mass is 299 g/mol. The van der Waals surface area contributed by atoms with Crippen LogP contribution in [0.5, 0.6) is 5.75 Å². The number of hydrogen-bond acceptors (Lipinski definition) is 3. The van der Waals surface area contributed by atoms with Gasteiger partial charge in [-0.15, -0.1) is 0 Å². The van der Waals surface area contributed by atoms with Crippen LogP contribution in [-0.2, 0) is 0 Å². The maximum absolute atomic E-state index is 5.98. The average Bonchev–Trinajstić information content (AvgIpc) is 2.35. The molecule has 0 bridgehead atoms. The van der Waals surface area contributed by atoms with Crippen LogP contribution in [0.2, 0.25) is 5.02 Å². The van der Waals surface area contributed by atoms with Gasteiger partial charge >= 0.3 is 0 Å². The summed E-state index contributed by atoms with van der Waals surface area (Å²) < 4.78 is 5.28. The van der Waals surface area contributed by atoms with E-state index < -0.39 is 0 Å². The van der Waals surface area contributed by atoms with E-state index >= 15 is 0 Å². The van der Waals surface area contributed by atoms with Crippen LogP contribution < -0.4 is 15.5 Å². The zero-order valence-electron chi connectivity index (χ0n) is 11.5. The first-order chi connectivity index (χ1) is 8.93. The van der Waals surface area contributed by atoms with Crippen molar-refractivity contribution in [2.75, 3.05) is 7.11 Å². The van der Waals surface area contributed by atoms with Crippen LogP contribution in [0.15, 0.2) is 23.3 Å². The van der Waals surface area contributed by atoms with E-state index in [4.69, 9.17) is 28.6 Å². The lowest BCUT2D eigenvalue weighted by atomic mass is 10.1. The third kappa shape index (κ3) is 5.04. The van der Waals surface area contributed by atoms with Crippen molar-refractivity contribution in [3.05, 3.63) is 28.8 Å². The Morgan fingerprint density at radius 2 is 2.11 bits per heavy atom. The largest absolute Gasteiger partial charge is 0.496 e. The van der Waals surface area contributed by atoms with Crippen molar-refractivity contribution in [2.24, 2.45) is 5.10 Å². The Kier molecular flexibility index (Phi) is 6.05. The minimum absolute atomic E-state index is 0.260. The zero-order chi connectivity index (χ0) is 14.4. The van der Waals surface area contributed by atoms with Gasteiger partial charge in [0.15, 0.2) is 5.11 Å². The first-order valence-corrected chi connectivity index (χ1v) is 6.67. The molecule has 1 aromatic rings. The first kappa shape index (κ1) is 15.7. The molecule has 0 radical (unpaired) electrons. The highest BCUT2D eigenvalue weighted by molar-refractivity contribution is 7.80. The normalized spacial score (nSPS) is 11.4. The van der Waals surface area contributed by atoms with Gasteiger partial charge in [0.1, 0.15) is 5.75 Å². The summed E-state index contributed by atoms with van der Waals surface area (Å²) in [5.41, 5.74) is 4.36. The Morgan fingerprint density at radius 1 is 1.42 bits per heavy atom. The summed E-state index contributed by atoms with van der Waals surface area (Å²) in [5.74, 6) is 0.718. The van der Waals surface area contributed by atoms with Crippen molar-refractivity contribution < 1.29 is 4.74 Å². The van der Waals surface area contributed by atoms with Gasteiger partial charge in [-0.05, 0) is 51.2 Å². The van der Waals surface area contributed by atoms with Crippen LogP contribution >= 0.6 is 23.8 Å². The summed E-state index contributed by atoms with van der Waals surface area (Å²) in [7, 11) is 1.61. The molecule has 19 heavy (non-hydrogen) atoms. The number of hydrogen-bond donors (Lipinski definition) is 2. The van der Waals surface area contributed by atoms with Gasteiger partial charge in [-0.2, -0.15) is 5.10 Å². The third-order valence-electron chi connectivity index (χ3n) is 2.30. The molecule has 104 valence electrons. The molecule has 6 heteroatoms. The quantitative estimate of drug-likeness (QED) is 0.510. The molecule has 0 spiro atoms. The van der Waals surface area contributed by atoms with E-state index in [9.17, 15) is 0 Å². The van der Waals surface area contributed by atoms with Gasteiger partial charge < -0.3 is 10.1 Å². The number of halogens is 1. The van der Waals surface area contributed by atoms with E-state index in [1.165, 1.54) is 0 Å². The Hall–Kier alpha value is -1.33. The van der Waals surface area contributed by atoms with Crippen LogP contribution in [-0.4, -0.2) is 24.0 Å². The van der Waals surface area contributed by atoms with Crippen molar-refractivity contribution in [3.8, 4) is 5.75 Å². The van der Waals surface area contributed by atoms with Gasteiger partial charge in [0.25, 0.3) is 0 Å². The lowest BCUT2D eigenvalue weighted by Gasteiger charge is -2.12. The molecule has 0 saturated carbocycles. The lowest BCUT2D eigenvalue weighted by Crippen LogP contribution is -2.37. The summed E-state index contributed by atoms with van der Waals surface area (Å²) in [6.07, 6.45) is 0. The highest BCUT2D eigenvalue weighted by Crippen LogP contribution is 2.23. The number of ether oxygens (including phenoxy) is 1. The first-order valence-electron chi connectivity index (χ1n) is 5.88. The SMILES string of the molecule is COc1ccc(Cl)cc1/C(C)=N\NC(=S)NC(C)C. The van der Waals surface area contributed by atoms with E-state index in [1.807, 2.05) is 20.8 Å². The average molecular weight is 300 g/mol. The molecule has 0 unspecified atom stereocenters. The number of benzene rings is 1. The van der Waals surface area contributed by atoms with Crippen molar-refractivity contribution in [1.29, 1.82) is 0 Å². The van der Waals surface area contributed by atoms with Gasteiger partial charge in [0.2, 0.25) is 0 Å². The van der Waals surface area contributed by atoms with Gasteiger partial charge in [0.05, 0.1) is 12.8 Å². The van der Waals surface area contributed by atoms with Crippen LogP contribution in [0, 0.1) is 0 Å². The molecule has 0 aliphatic heterocycles. The fourth-order valence-electron chi connectivity index (χ4n) is 1.45. The van der Waals surface area contributed by atoms with Crippen LogP contribution in [0.1, 0.15) is 26.3 Å². The molecule has 1 rings (SSSR count). The Labute approximate surface area is 124 Å². The van der Waals surface area contributed by atoms with Crippen LogP contribution in [0.3, 0.4) is 0 Å². The van der Waals surface area contributed by atoms with Gasteiger partial charge in [-0.3, -0.25) is 5.43 Å². The van der Waals surface area contributed by atoms with E-state index in [-0.39, 0.29) is 6.04 Å². The number of rotatable bonds is 4. The van der Waals surface area contributed by atoms with E-state index in [0.29, 0.717) is 10.1 Å². The second kappa shape index (κ2) is 7.31. The smallest absolute Gasteiger partial charge is 0.187 e. The molecule has 4 nitrogen and oxygen atoms in total. The maximum atomic E-state index is 5.98. The molecule has 0 fully saturated rings. The number of nitrogens with one attached hydrogen (secondary N) is 2. The predicted octanol–water partition coefficient (Wildman–Crippen LogP) is 2.95. The Morgan fingerprint density at radius 3 is 2.68 bits per heavy atom. The summed E-state index contributed by atoms with van der Waals surface area (Å²) in [4.78, 5) is 0. The number of hydrazone groups is 1. The zero-order valence-corrected chi connectivity index (χ0v) is 13.0. The Balaban J connectivity index is 2.84. The fraction of sp³-hybridized carbons (Fsp3) is 0.385. The standard InChI is InChI=1S/C13H18ClN3OS/c1-8(2)15-13(19)17-16-9(3)11-7-10(14)5-6-12(11)18-4/h5-8H,1-4H3,(H2,15,17,19)/b16-9-. The summed E-state index contributed by atoms with van der Waals surface area (Å²) in [6, 6.07) is 5.65. The molecule has 1 aromatic carbocycles. The van der Waals surface area contributed by atoms with Crippen molar-refractivity contribution in [3.63, 3.8) is 0 Å². The molecule has 0 aromatic heterocycles. The molecule has 0 aliphatic rings. The molecule has 0 heterocycles. The van der Waals surface area contributed by atoms with Crippen molar-refractivity contribution >= 4 is 34.6 Å². The molecule has 0 aliphatic carbocycles. The lowest BCUT2D eigenvalue weighted by molar-refractivity contribution is 0.414. The van der Waals surface area contributed by atoms with Crippen molar-refractivity contribution in [1.82, 2.24) is 10.7 Å². The number of nitrogens with zero attached hydrogens (tertiary/aromatic N) is 1. The molecule has 2 N–H and O–H groups in total. The van der Waals surface area contributed by atoms with Crippen LogP contribution in [0.25, 0.3) is 0 Å². The third-order valence-corrected chi connectivity index (χ3v) is 2.74. The van der Waals surface area contributed by atoms with Gasteiger partial charge in [-0.1, -0.05) is 11.6 Å². The van der Waals surface area contributed by atoms with E-state index in [2.05, 4.69) is 15.8 Å². The molecule has 0 amide bonds. The fourth-order valence-corrected chi connectivity index (χ4v) is 1.91. The summed E-state index contributed by atoms with van der Waals surface area (Å²) in [6.45, 7) is 5.87. The summed E-state index contributed by atoms with van der Waals surface area (Å²) >= 11 is 11.1. The van der Waals surface area contributed by atoms with Crippen LogP contribution in [0.4, 0.5) is 0 Å². The number of methoxy groups -OCH3 is 1. The highest BCUT2D eigenvalue weighted by Gasteiger charge is 2.07. The second-order valence-corrected chi connectivity index (χ2v) is 5.13. The molecular formula is C13H18ClN3OS. The highest BCUT2D eigenvalue weighted by atomic mass is 35.5. The second-order valence-electron chi connectivity index (χ2n) is 4.28. The van der Waals surface area contributed by atoms with Crippen molar-refractivity contribution in [2.45, 2.75) is 26.8 Å². The Bertz CT molecular complexity index is 489. The topological polar surface area (TPSA) is 45.6 Å².